The van der Waals surface area contributed by atoms with Crippen molar-refractivity contribution >= 4 is 35.0 Å². The van der Waals surface area contributed by atoms with Gasteiger partial charge in [-0.3, -0.25) is 19.4 Å². The Morgan fingerprint density at radius 1 is 1.06 bits per heavy atom. The Balaban J connectivity index is 1.48. The number of benzene rings is 2. The molecule has 2 aromatic carbocycles. The molecule has 182 valence electrons. The van der Waals surface area contributed by atoms with E-state index in [0.29, 0.717) is 54.5 Å². The number of aromatic nitrogens is 3. The van der Waals surface area contributed by atoms with Gasteiger partial charge < -0.3 is 20.1 Å². The van der Waals surface area contributed by atoms with Crippen molar-refractivity contribution in [2.75, 3.05) is 23.8 Å². The molecule has 0 saturated heterocycles. The molecule has 1 aromatic heterocycles. The maximum Gasteiger partial charge on any atom is 0.278 e. The van der Waals surface area contributed by atoms with E-state index < -0.39 is 10.8 Å². The lowest BCUT2D eigenvalue weighted by atomic mass is 10.1. The van der Waals surface area contributed by atoms with Gasteiger partial charge >= 0.3 is 0 Å². The minimum absolute atomic E-state index is 0.0788. The normalized spacial score (nSPS) is 13.1. The lowest BCUT2D eigenvalue weighted by Gasteiger charge is -2.19. The summed E-state index contributed by atoms with van der Waals surface area (Å²) in [7, 11) is 0. The zero-order valence-electron chi connectivity index (χ0n) is 19.3. The number of carbonyl (C=O) groups is 2. The Hall–Kier alpha value is -3.86. The number of anilines is 2. The molecule has 0 saturated carbocycles. The van der Waals surface area contributed by atoms with Crippen LogP contribution in [-0.4, -0.2) is 45.5 Å². The molecule has 10 nitrogen and oxygen atoms in total. The van der Waals surface area contributed by atoms with Crippen LogP contribution in [0.4, 0.5) is 11.4 Å². The number of nitrogens with zero attached hydrogens (tertiary/aromatic N) is 2. The van der Waals surface area contributed by atoms with Crippen LogP contribution in [0, 0.1) is 0 Å². The molecular formula is C24H25N5O5S. The molecule has 2 amide bonds. The van der Waals surface area contributed by atoms with Crippen LogP contribution in [-0.2, 0) is 9.59 Å². The molecule has 35 heavy (non-hydrogen) atoms. The number of aromatic amines is 1. The van der Waals surface area contributed by atoms with Gasteiger partial charge in [-0.15, -0.1) is 10.2 Å². The van der Waals surface area contributed by atoms with Gasteiger partial charge in [-0.05, 0) is 24.6 Å². The summed E-state index contributed by atoms with van der Waals surface area (Å²) in [5.41, 5.74) is 1.13. The number of H-pyrrole nitrogens is 1. The van der Waals surface area contributed by atoms with E-state index in [4.69, 9.17) is 9.47 Å². The van der Waals surface area contributed by atoms with Crippen LogP contribution in [0.3, 0.4) is 0 Å². The number of para-hydroxylation sites is 1. The largest absolute Gasteiger partial charge is 0.486 e. The van der Waals surface area contributed by atoms with Gasteiger partial charge in [0.25, 0.3) is 5.56 Å². The maximum atomic E-state index is 12.9. The van der Waals surface area contributed by atoms with Gasteiger partial charge in [-0.25, -0.2) is 0 Å². The molecule has 4 rings (SSSR count). The van der Waals surface area contributed by atoms with E-state index in [1.165, 1.54) is 0 Å². The van der Waals surface area contributed by atoms with Crippen LogP contribution in [0.25, 0.3) is 11.3 Å². The second kappa shape index (κ2) is 11.0. The average Bonchev–Trinajstić information content (AvgIpc) is 2.87. The van der Waals surface area contributed by atoms with Gasteiger partial charge in [0, 0.05) is 23.7 Å². The first-order chi connectivity index (χ1) is 17.0. The van der Waals surface area contributed by atoms with Crippen molar-refractivity contribution in [2.24, 2.45) is 0 Å². The quantitative estimate of drug-likeness (QED) is 0.404. The van der Waals surface area contributed by atoms with Crippen molar-refractivity contribution in [2.45, 2.75) is 37.1 Å². The zero-order valence-corrected chi connectivity index (χ0v) is 20.1. The molecule has 0 radical (unpaired) electrons. The van der Waals surface area contributed by atoms with Crippen LogP contribution in [0.5, 0.6) is 11.5 Å². The summed E-state index contributed by atoms with van der Waals surface area (Å²) < 4.78 is 11.1. The Kier molecular flexibility index (Phi) is 7.66. The third-order valence-electron chi connectivity index (χ3n) is 5.18. The number of carbonyl (C=O) groups excluding carboxylic acids is 2. The zero-order chi connectivity index (χ0) is 24.8. The van der Waals surface area contributed by atoms with Crippen LogP contribution in [0.2, 0.25) is 0 Å². The fourth-order valence-electron chi connectivity index (χ4n) is 3.39. The van der Waals surface area contributed by atoms with E-state index in [1.807, 2.05) is 6.92 Å². The summed E-state index contributed by atoms with van der Waals surface area (Å²) in [5.74, 6) is 0.799. The molecular weight excluding hydrogens is 470 g/mol. The van der Waals surface area contributed by atoms with Crippen molar-refractivity contribution in [1.29, 1.82) is 0 Å². The third kappa shape index (κ3) is 5.80. The molecule has 0 aliphatic carbocycles. The van der Waals surface area contributed by atoms with Crippen molar-refractivity contribution in [1.82, 2.24) is 15.2 Å². The topological polar surface area (TPSA) is 135 Å². The maximum absolute atomic E-state index is 12.9. The summed E-state index contributed by atoms with van der Waals surface area (Å²) in [6.45, 7) is 4.55. The Morgan fingerprint density at radius 2 is 1.83 bits per heavy atom. The third-order valence-corrected chi connectivity index (χ3v) is 6.42. The molecule has 3 aromatic rings. The van der Waals surface area contributed by atoms with E-state index >= 15 is 0 Å². The number of rotatable bonds is 8. The van der Waals surface area contributed by atoms with Crippen molar-refractivity contribution in [3.63, 3.8) is 0 Å². The molecule has 11 heteroatoms. The van der Waals surface area contributed by atoms with Gasteiger partial charge in [0.15, 0.2) is 22.3 Å². The monoisotopic (exact) mass is 495 g/mol. The molecule has 0 bridgehead atoms. The first-order valence-corrected chi connectivity index (χ1v) is 12.1. The highest BCUT2D eigenvalue weighted by Gasteiger charge is 2.22. The fourth-order valence-corrected chi connectivity index (χ4v) is 4.23. The molecule has 0 spiro atoms. The van der Waals surface area contributed by atoms with E-state index in [9.17, 15) is 14.4 Å². The SMILES string of the molecule is CCC(=O)Nc1ccccc1-c1nnc(S[C@H](CC)C(=O)Nc2ccc3c(c2)OCCO3)[nH]c1=O. The van der Waals surface area contributed by atoms with Crippen molar-refractivity contribution in [3.8, 4) is 22.8 Å². The van der Waals surface area contributed by atoms with E-state index in [-0.39, 0.29) is 22.7 Å². The van der Waals surface area contributed by atoms with Gasteiger partial charge in [-0.1, -0.05) is 43.8 Å². The number of hydrogen-bond acceptors (Lipinski definition) is 8. The highest BCUT2D eigenvalue weighted by Crippen LogP contribution is 2.33. The van der Waals surface area contributed by atoms with E-state index in [2.05, 4.69) is 25.8 Å². The number of fused-ring (bicyclic) bond motifs is 1. The molecule has 1 atom stereocenters. The van der Waals surface area contributed by atoms with Crippen LogP contribution in [0.15, 0.2) is 52.4 Å². The molecule has 1 aliphatic rings. The molecule has 0 unspecified atom stereocenters. The predicted octanol–water partition coefficient (Wildman–Crippen LogP) is 3.46. The molecule has 2 heterocycles. The Labute approximate surface area is 205 Å². The highest BCUT2D eigenvalue weighted by atomic mass is 32.2. The van der Waals surface area contributed by atoms with Crippen LogP contribution in [0.1, 0.15) is 26.7 Å². The molecule has 1 aliphatic heterocycles. The fraction of sp³-hybridized carbons (Fsp3) is 0.292. The standard InChI is InChI=1S/C24H25N5O5S/c1-3-19(22(31)25-14-9-10-17-18(13-14)34-12-11-33-17)35-24-27-23(32)21(28-29-24)15-7-5-6-8-16(15)26-20(30)4-2/h5-10,13,19H,3-4,11-12H2,1-2H3,(H,25,31)(H,26,30)(H,27,29,32)/t19-/m1/s1. The predicted molar refractivity (Wildman–Crippen MR) is 133 cm³/mol. The number of hydrogen-bond donors (Lipinski definition) is 3. The van der Waals surface area contributed by atoms with Gasteiger partial charge in [0.2, 0.25) is 11.8 Å². The van der Waals surface area contributed by atoms with E-state index in [0.717, 1.165) is 11.8 Å². The first kappa shape index (κ1) is 24.3. The Morgan fingerprint density at radius 3 is 2.57 bits per heavy atom. The minimum Gasteiger partial charge on any atom is -0.486 e. The second-order valence-electron chi connectivity index (χ2n) is 7.62. The van der Waals surface area contributed by atoms with Crippen LogP contribution >= 0.6 is 11.8 Å². The number of thioether (sulfide) groups is 1. The summed E-state index contributed by atoms with van der Waals surface area (Å²) in [6, 6.07) is 12.1. The van der Waals surface area contributed by atoms with Gasteiger partial charge in [0.1, 0.15) is 13.2 Å². The summed E-state index contributed by atoms with van der Waals surface area (Å²) in [6.07, 6.45) is 0.803. The molecule has 0 fully saturated rings. The number of nitrogens with one attached hydrogen (secondary N) is 3. The van der Waals surface area contributed by atoms with E-state index in [1.54, 1.807) is 49.4 Å². The summed E-state index contributed by atoms with van der Waals surface area (Å²) >= 11 is 1.11. The van der Waals surface area contributed by atoms with Gasteiger partial charge in [0.05, 0.1) is 10.9 Å². The van der Waals surface area contributed by atoms with Gasteiger partial charge in [-0.2, -0.15) is 0 Å². The number of ether oxygens (including phenoxy) is 2. The first-order valence-electron chi connectivity index (χ1n) is 11.2. The van der Waals surface area contributed by atoms with Crippen molar-refractivity contribution in [3.05, 3.63) is 52.8 Å². The summed E-state index contributed by atoms with van der Waals surface area (Å²) in [4.78, 5) is 40.2. The summed E-state index contributed by atoms with van der Waals surface area (Å²) in [5, 5.41) is 13.5. The van der Waals surface area contributed by atoms with Crippen LogP contribution < -0.4 is 25.7 Å². The number of amides is 2. The smallest absolute Gasteiger partial charge is 0.278 e. The lowest BCUT2D eigenvalue weighted by Crippen LogP contribution is -2.26. The Bertz CT molecular complexity index is 1300. The average molecular weight is 496 g/mol. The lowest BCUT2D eigenvalue weighted by molar-refractivity contribution is -0.116. The molecule has 3 N–H and O–H groups in total. The highest BCUT2D eigenvalue weighted by molar-refractivity contribution is 8.00. The van der Waals surface area contributed by atoms with Crippen molar-refractivity contribution < 1.29 is 19.1 Å². The second-order valence-corrected chi connectivity index (χ2v) is 8.81. The minimum atomic E-state index is -0.518.